The van der Waals surface area contributed by atoms with Gasteiger partial charge >= 0.3 is 0 Å². The van der Waals surface area contributed by atoms with Gasteiger partial charge in [-0.05, 0) is 62.7 Å². The highest BCUT2D eigenvalue weighted by molar-refractivity contribution is 5.44. The maximum absolute atomic E-state index is 13.7. The molecule has 0 aromatic heterocycles. The van der Waals surface area contributed by atoms with Crippen LogP contribution in [0.5, 0.6) is 17.2 Å². The van der Waals surface area contributed by atoms with Gasteiger partial charge in [0.2, 0.25) is 0 Å². The predicted molar refractivity (Wildman–Crippen MR) is 97.2 cm³/mol. The predicted octanol–water partition coefficient (Wildman–Crippen LogP) is 3.92. The maximum atomic E-state index is 13.7. The van der Waals surface area contributed by atoms with E-state index in [0.29, 0.717) is 43.4 Å². The van der Waals surface area contributed by atoms with Crippen molar-refractivity contribution < 1.29 is 18.6 Å². The Morgan fingerprint density at radius 2 is 1.64 bits per heavy atom. The first-order valence-electron chi connectivity index (χ1n) is 8.54. The van der Waals surface area contributed by atoms with Crippen molar-refractivity contribution in [1.29, 1.82) is 0 Å². The van der Waals surface area contributed by atoms with Gasteiger partial charge in [0.05, 0.1) is 20.3 Å². The fourth-order valence-electron chi connectivity index (χ4n) is 2.84. The normalized spacial score (nSPS) is 11.9. The summed E-state index contributed by atoms with van der Waals surface area (Å²) < 4.78 is 30.3. The summed E-state index contributed by atoms with van der Waals surface area (Å²) in [6.45, 7) is 5.31. The minimum atomic E-state index is -0.291. The van der Waals surface area contributed by atoms with Crippen molar-refractivity contribution in [2.24, 2.45) is 5.73 Å². The van der Waals surface area contributed by atoms with Crippen molar-refractivity contribution in [3.8, 4) is 17.2 Å². The lowest BCUT2D eigenvalue weighted by Gasteiger charge is -2.20. The molecule has 2 aromatic carbocycles. The standard InChI is InChI=1S/C20H26FNO3/c1-4-24-18-9-7-16(21)12-17(18)15(13-22)10-14-6-8-19(25-5-2)20(11-14)23-3/h6-9,11-12,15H,4-5,10,13,22H2,1-3H3. The number of benzene rings is 2. The van der Waals surface area contributed by atoms with E-state index < -0.39 is 0 Å². The summed E-state index contributed by atoms with van der Waals surface area (Å²) in [6, 6.07) is 10.4. The van der Waals surface area contributed by atoms with Gasteiger partial charge in [-0.2, -0.15) is 0 Å². The number of nitrogens with two attached hydrogens (primary N) is 1. The van der Waals surface area contributed by atoms with Gasteiger partial charge in [-0.3, -0.25) is 0 Å². The molecule has 0 heterocycles. The van der Waals surface area contributed by atoms with E-state index >= 15 is 0 Å². The molecule has 25 heavy (non-hydrogen) atoms. The second kappa shape index (κ2) is 9.28. The highest BCUT2D eigenvalue weighted by Crippen LogP contribution is 2.33. The molecule has 2 N–H and O–H groups in total. The molecule has 0 bridgehead atoms. The average Bonchev–Trinajstić information content (AvgIpc) is 2.62. The van der Waals surface area contributed by atoms with Gasteiger partial charge in [0.15, 0.2) is 11.5 Å². The molecule has 4 nitrogen and oxygen atoms in total. The number of ether oxygens (including phenoxy) is 3. The maximum Gasteiger partial charge on any atom is 0.161 e. The van der Waals surface area contributed by atoms with E-state index in [1.165, 1.54) is 12.1 Å². The third-order valence-electron chi connectivity index (χ3n) is 4.01. The first-order chi connectivity index (χ1) is 12.1. The minimum Gasteiger partial charge on any atom is -0.494 e. The number of hydrogen-bond acceptors (Lipinski definition) is 4. The van der Waals surface area contributed by atoms with Crippen LogP contribution >= 0.6 is 0 Å². The molecule has 0 aliphatic heterocycles. The Morgan fingerprint density at radius 1 is 0.960 bits per heavy atom. The molecule has 136 valence electrons. The number of rotatable bonds is 9. The molecule has 2 rings (SSSR count). The van der Waals surface area contributed by atoms with Crippen LogP contribution < -0.4 is 19.9 Å². The molecule has 0 saturated carbocycles. The summed E-state index contributed by atoms with van der Waals surface area (Å²) in [6.07, 6.45) is 0.656. The molecule has 0 fully saturated rings. The zero-order valence-electron chi connectivity index (χ0n) is 15.0. The summed E-state index contributed by atoms with van der Waals surface area (Å²) in [7, 11) is 1.61. The fraction of sp³-hybridized carbons (Fsp3) is 0.400. The number of halogens is 1. The van der Waals surface area contributed by atoms with Crippen LogP contribution in [-0.4, -0.2) is 26.9 Å². The third-order valence-corrected chi connectivity index (χ3v) is 4.01. The van der Waals surface area contributed by atoms with E-state index in [1.54, 1.807) is 13.2 Å². The topological polar surface area (TPSA) is 53.7 Å². The van der Waals surface area contributed by atoms with Crippen molar-refractivity contribution in [3.63, 3.8) is 0 Å². The average molecular weight is 347 g/mol. The van der Waals surface area contributed by atoms with Gasteiger partial charge in [-0.15, -0.1) is 0 Å². The van der Waals surface area contributed by atoms with Gasteiger partial charge in [-0.25, -0.2) is 4.39 Å². The molecular weight excluding hydrogens is 321 g/mol. The summed E-state index contributed by atoms with van der Waals surface area (Å²) in [5, 5.41) is 0. The monoisotopic (exact) mass is 347 g/mol. The van der Waals surface area contributed by atoms with Crippen LogP contribution in [0.1, 0.15) is 30.9 Å². The minimum absolute atomic E-state index is 0.0556. The van der Waals surface area contributed by atoms with Crippen molar-refractivity contribution in [1.82, 2.24) is 0 Å². The molecule has 0 spiro atoms. The first-order valence-corrected chi connectivity index (χ1v) is 8.54. The van der Waals surface area contributed by atoms with E-state index in [1.807, 2.05) is 32.0 Å². The zero-order valence-corrected chi connectivity index (χ0v) is 15.0. The SMILES string of the molecule is CCOc1ccc(CC(CN)c2cc(F)ccc2OCC)cc1OC. The molecule has 0 radical (unpaired) electrons. The molecule has 2 aromatic rings. The smallest absolute Gasteiger partial charge is 0.161 e. The Morgan fingerprint density at radius 3 is 2.28 bits per heavy atom. The molecule has 0 aliphatic rings. The van der Waals surface area contributed by atoms with Gasteiger partial charge in [0.1, 0.15) is 11.6 Å². The van der Waals surface area contributed by atoms with Gasteiger partial charge in [0, 0.05) is 11.5 Å². The Hall–Kier alpha value is -2.27. The number of methoxy groups -OCH3 is 1. The van der Waals surface area contributed by atoms with Crippen LogP contribution in [0.15, 0.2) is 36.4 Å². The molecule has 1 atom stereocenters. The summed E-state index contributed by atoms with van der Waals surface area (Å²) in [5.41, 5.74) is 7.81. The van der Waals surface area contributed by atoms with Crippen LogP contribution in [0, 0.1) is 5.82 Å². The Labute approximate surface area is 148 Å². The largest absolute Gasteiger partial charge is 0.494 e. The molecule has 0 amide bonds. The van der Waals surface area contributed by atoms with E-state index in [0.717, 1.165) is 11.1 Å². The summed E-state index contributed by atoms with van der Waals surface area (Å²) in [5.74, 6) is 1.72. The van der Waals surface area contributed by atoms with E-state index in [-0.39, 0.29) is 11.7 Å². The second-order valence-electron chi connectivity index (χ2n) is 5.67. The van der Waals surface area contributed by atoms with Crippen LogP contribution in [0.4, 0.5) is 4.39 Å². The van der Waals surface area contributed by atoms with Crippen molar-refractivity contribution in [2.45, 2.75) is 26.2 Å². The van der Waals surface area contributed by atoms with Gasteiger partial charge < -0.3 is 19.9 Å². The molecule has 1 unspecified atom stereocenters. The third kappa shape index (κ3) is 4.86. The molecular formula is C20H26FNO3. The highest BCUT2D eigenvalue weighted by Gasteiger charge is 2.18. The van der Waals surface area contributed by atoms with E-state index in [9.17, 15) is 4.39 Å². The van der Waals surface area contributed by atoms with Gasteiger partial charge in [-0.1, -0.05) is 6.07 Å². The van der Waals surface area contributed by atoms with Crippen LogP contribution in [0.3, 0.4) is 0 Å². The van der Waals surface area contributed by atoms with E-state index in [2.05, 4.69) is 0 Å². The van der Waals surface area contributed by atoms with Crippen molar-refractivity contribution >= 4 is 0 Å². The van der Waals surface area contributed by atoms with Crippen molar-refractivity contribution in [3.05, 3.63) is 53.3 Å². The lowest BCUT2D eigenvalue weighted by atomic mass is 9.91. The fourth-order valence-corrected chi connectivity index (χ4v) is 2.84. The van der Waals surface area contributed by atoms with Crippen LogP contribution in [0.25, 0.3) is 0 Å². The molecule has 0 saturated heterocycles. The van der Waals surface area contributed by atoms with Crippen LogP contribution in [-0.2, 0) is 6.42 Å². The molecule has 5 heteroatoms. The molecule has 0 aliphatic carbocycles. The Bertz CT molecular complexity index is 691. The Balaban J connectivity index is 2.29. The Kier molecular flexibility index (Phi) is 7.07. The van der Waals surface area contributed by atoms with Crippen molar-refractivity contribution in [2.75, 3.05) is 26.9 Å². The van der Waals surface area contributed by atoms with E-state index in [4.69, 9.17) is 19.9 Å². The lowest BCUT2D eigenvalue weighted by Crippen LogP contribution is -2.16. The summed E-state index contributed by atoms with van der Waals surface area (Å²) in [4.78, 5) is 0. The van der Waals surface area contributed by atoms with Crippen LogP contribution in [0.2, 0.25) is 0 Å². The quantitative estimate of drug-likeness (QED) is 0.747. The lowest BCUT2D eigenvalue weighted by molar-refractivity contribution is 0.310. The zero-order chi connectivity index (χ0) is 18.2. The highest BCUT2D eigenvalue weighted by atomic mass is 19.1. The first kappa shape index (κ1) is 19.1. The second-order valence-corrected chi connectivity index (χ2v) is 5.67. The van der Waals surface area contributed by atoms with Gasteiger partial charge in [0.25, 0.3) is 0 Å². The number of hydrogen-bond donors (Lipinski definition) is 1. The summed E-state index contributed by atoms with van der Waals surface area (Å²) >= 11 is 0.